The van der Waals surface area contributed by atoms with Crippen molar-refractivity contribution in [1.29, 1.82) is 0 Å². The van der Waals surface area contributed by atoms with E-state index in [4.69, 9.17) is 0 Å². The van der Waals surface area contributed by atoms with Gasteiger partial charge in [-0.25, -0.2) is 0 Å². The number of rotatable bonds is 1. The fraction of sp³-hybridized carbons (Fsp3) is 0.167. The molecule has 2 aromatic carbocycles. The Labute approximate surface area is 126 Å². The van der Waals surface area contributed by atoms with E-state index < -0.39 is 17.5 Å². The van der Waals surface area contributed by atoms with Crippen molar-refractivity contribution >= 4 is 11.4 Å². The van der Waals surface area contributed by atoms with Crippen molar-refractivity contribution < 1.29 is 18.0 Å². The lowest BCUT2D eigenvalue weighted by molar-refractivity contribution is -0.137. The number of Topliss-reactive ketones (excluding diaryl/α,β-unsaturated/α-hetero) is 1. The normalized spacial score (nSPS) is 17.9. The molecule has 0 saturated heterocycles. The third-order valence-corrected chi connectivity index (χ3v) is 3.87. The molecule has 0 heterocycles. The number of benzene rings is 2. The van der Waals surface area contributed by atoms with Crippen LogP contribution in [0.2, 0.25) is 0 Å². The molecule has 112 valence electrons. The molecule has 1 aliphatic carbocycles. The van der Waals surface area contributed by atoms with E-state index in [9.17, 15) is 18.0 Å². The third kappa shape index (κ3) is 2.34. The number of carbonyl (C=O) groups is 1. The molecule has 0 N–H and O–H groups in total. The van der Waals surface area contributed by atoms with E-state index in [0.717, 1.165) is 6.07 Å². The number of fused-ring (bicyclic) bond motifs is 1. The van der Waals surface area contributed by atoms with Crippen LogP contribution in [0.1, 0.15) is 39.9 Å². The minimum absolute atomic E-state index is 0.219. The zero-order chi connectivity index (χ0) is 15.9. The van der Waals surface area contributed by atoms with Gasteiger partial charge >= 0.3 is 6.18 Å². The first-order valence-electron chi connectivity index (χ1n) is 6.91. The largest absolute Gasteiger partial charge is 0.417 e. The number of carbonyl (C=O) groups excluding carboxylic acids is 1. The number of ketones is 1. The molecule has 0 aromatic heterocycles. The van der Waals surface area contributed by atoms with Gasteiger partial charge < -0.3 is 0 Å². The van der Waals surface area contributed by atoms with Crippen molar-refractivity contribution in [2.24, 2.45) is 0 Å². The summed E-state index contributed by atoms with van der Waals surface area (Å²) in [5, 5.41) is 0. The van der Waals surface area contributed by atoms with E-state index in [0.29, 0.717) is 16.7 Å². The van der Waals surface area contributed by atoms with Gasteiger partial charge in [0.15, 0.2) is 5.78 Å². The highest BCUT2D eigenvalue weighted by molar-refractivity contribution is 6.31. The maximum Gasteiger partial charge on any atom is 0.417 e. The smallest absolute Gasteiger partial charge is 0.289 e. The van der Waals surface area contributed by atoms with E-state index >= 15 is 0 Å². The Hall–Kier alpha value is -2.36. The van der Waals surface area contributed by atoms with Crippen molar-refractivity contribution in [3.8, 4) is 0 Å². The topological polar surface area (TPSA) is 17.1 Å². The van der Waals surface area contributed by atoms with Crippen molar-refractivity contribution in [2.75, 3.05) is 0 Å². The molecule has 0 amide bonds. The van der Waals surface area contributed by atoms with E-state index in [1.54, 1.807) is 49.4 Å². The predicted molar refractivity (Wildman–Crippen MR) is 78.6 cm³/mol. The zero-order valence-electron chi connectivity index (χ0n) is 11.8. The molecular weight excluding hydrogens is 289 g/mol. The summed E-state index contributed by atoms with van der Waals surface area (Å²) >= 11 is 0. The number of alkyl halides is 3. The maximum atomic E-state index is 13.2. The molecule has 22 heavy (non-hydrogen) atoms. The van der Waals surface area contributed by atoms with Crippen LogP contribution < -0.4 is 0 Å². The molecule has 2 aromatic rings. The van der Waals surface area contributed by atoms with Crippen LogP contribution in [0.25, 0.3) is 5.57 Å². The number of hydrogen-bond donors (Lipinski definition) is 0. The highest BCUT2D eigenvalue weighted by atomic mass is 19.4. The van der Waals surface area contributed by atoms with Crippen LogP contribution >= 0.6 is 0 Å². The number of halogens is 3. The third-order valence-electron chi connectivity index (χ3n) is 3.87. The molecule has 3 rings (SSSR count). The Morgan fingerprint density at radius 2 is 1.64 bits per heavy atom. The number of hydrogen-bond acceptors (Lipinski definition) is 1. The molecule has 0 saturated carbocycles. The first-order valence-corrected chi connectivity index (χ1v) is 6.91. The van der Waals surface area contributed by atoms with Gasteiger partial charge in [-0.2, -0.15) is 13.2 Å². The molecular formula is C18H13F3O. The Kier molecular flexibility index (Phi) is 3.39. The Balaban J connectivity index is 2.20. The molecule has 1 atom stereocenters. The van der Waals surface area contributed by atoms with Gasteiger partial charge in [-0.3, -0.25) is 4.79 Å². The van der Waals surface area contributed by atoms with Crippen LogP contribution in [0.5, 0.6) is 0 Å². The van der Waals surface area contributed by atoms with Crippen molar-refractivity contribution in [2.45, 2.75) is 19.0 Å². The van der Waals surface area contributed by atoms with Crippen LogP contribution in [0.3, 0.4) is 0 Å². The minimum atomic E-state index is -4.54. The van der Waals surface area contributed by atoms with Crippen molar-refractivity contribution in [3.63, 3.8) is 0 Å². The van der Waals surface area contributed by atoms with Gasteiger partial charge in [0.05, 0.1) is 5.56 Å². The van der Waals surface area contributed by atoms with E-state index in [1.807, 2.05) is 0 Å². The molecule has 0 bridgehead atoms. The first-order chi connectivity index (χ1) is 10.4. The number of allylic oxidation sites excluding steroid dienone is 2. The standard InChI is InChI=1S/C18H13F3O/c1-11-10-14(12-6-3-2-4-7-12)17(22)16-13(11)8-5-9-15(16)18(19,20)21/h2-11H,1H3. The molecule has 0 fully saturated rings. The average molecular weight is 302 g/mol. The summed E-state index contributed by atoms with van der Waals surface area (Å²) in [6, 6.07) is 12.7. The lowest BCUT2D eigenvalue weighted by Gasteiger charge is -2.24. The van der Waals surface area contributed by atoms with Crippen LogP contribution in [0, 0.1) is 0 Å². The lowest BCUT2D eigenvalue weighted by Crippen LogP contribution is -2.20. The van der Waals surface area contributed by atoms with Crippen LogP contribution in [0.4, 0.5) is 13.2 Å². The first kappa shape index (κ1) is 14.6. The van der Waals surface area contributed by atoms with E-state index in [1.165, 1.54) is 6.07 Å². The van der Waals surface area contributed by atoms with Crippen molar-refractivity contribution in [1.82, 2.24) is 0 Å². The summed E-state index contributed by atoms with van der Waals surface area (Å²) in [5.41, 5.74) is 0.325. The average Bonchev–Trinajstić information content (AvgIpc) is 2.50. The molecule has 1 unspecified atom stereocenters. The lowest BCUT2D eigenvalue weighted by atomic mass is 9.79. The summed E-state index contributed by atoms with van der Waals surface area (Å²) in [4.78, 5) is 12.7. The van der Waals surface area contributed by atoms with Gasteiger partial charge in [-0.05, 0) is 17.2 Å². The Morgan fingerprint density at radius 1 is 0.955 bits per heavy atom. The second kappa shape index (κ2) is 5.13. The molecule has 0 spiro atoms. The van der Waals surface area contributed by atoms with Gasteiger partial charge in [0, 0.05) is 17.1 Å². The summed E-state index contributed by atoms with van der Waals surface area (Å²) in [5.74, 6) is -0.808. The molecule has 1 nitrogen and oxygen atoms in total. The van der Waals surface area contributed by atoms with Crippen LogP contribution in [-0.4, -0.2) is 5.78 Å². The van der Waals surface area contributed by atoms with Crippen molar-refractivity contribution in [3.05, 3.63) is 76.9 Å². The molecule has 1 aliphatic rings. The van der Waals surface area contributed by atoms with Gasteiger partial charge in [0.1, 0.15) is 0 Å². The summed E-state index contributed by atoms with van der Waals surface area (Å²) < 4.78 is 39.7. The van der Waals surface area contributed by atoms with E-state index in [2.05, 4.69) is 0 Å². The summed E-state index contributed by atoms with van der Waals surface area (Å²) in [6.07, 6.45) is -2.81. The van der Waals surface area contributed by atoms with Crippen LogP contribution in [0.15, 0.2) is 54.6 Å². The second-order valence-electron chi connectivity index (χ2n) is 5.33. The van der Waals surface area contributed by atoms with Gasteiger partial charge in [-0.15, -0.1) is 0 Å². The van der Waals surface area contributed by atoms with Gasteiger partial charge in [-0.1, -0.05) is 55.5 Å². The van der Waals surface area contributed by atoms with E-state index in [-0.39, 0.29) is 11.5 Å². The Bertz CT molecular complexity index is 758. The maximum absolute atomic E-state index is 13.2. The van der Waals surface area contributed by atoms with Crippen LogP contribution in [-0.2, 0) is 6.18 Å². The quantitative estimate of drug-likeness (QED) is 0.717. The highest BCUT2D eigenvalue weighted by Gasteiger charge is 2.39. The summed E-state index contributed by atoms with van der Waals surface area (Å²) in [6.45, 7) is 1.80. The monoisotopic (exact) mass is 302 g/mol. The molecule has 4 heteroatoms. The molecule has 0 radical (unpaired) electrons. The summed E-state index contributed by atoms with van der Waals surface area (Å²) in [7, 11) is 0. The van der Waals surface area contributed by atoms with Gasteiger partial charge in [0.2, 0.25) is 0 Å². The SMILES string of the molecule is CC1C=C(c2ccccc2)C(=O)c2c1cccc2C(F)(F)F. The zero-order valence-corrected chi connectivity index (χ0v) is 11.8. The van der Waals surface area contributed by atoms with Gasteiger partial charge in [0.25, 0.3) is 0 Å². The minimum Gasteiger partial charge on any atom is -0.289 e. The predicted octanol–water partition coefficient (Wildman–Crippen LogP) is 5.09. The highest BCUT2D eigenvalue weighted by Crippen LogP contribution is 2.41. The second-order valence-corrected chi connectivity index (χ2v) is 5.33. The fourth-order valence-electron chi connectivity index (χ4n) is 2.83. The Morgan fingerprint density at radius 3 is 2.27 bits per heavy atom. The molecule has 0 aliphatic heterocycles. The fourth-order valence-corrected chi connectivity index (χ4v) is 2.83.